The van der Waals surface area contributed by atoms with Gasteiger partial charge in [0.05, 0.1) is 18.3 Å². The van der Waals surface area contributed by atoms with E-state index in [-0.39, 0.29) is 12.1 Å². The summed E-state index contributed by atoms with van der Waals surface area (Å²) >= 11 is 0. The Morgan fingerprint density at radius 2 is 1.90 bits per heavy atom. The SMILES string of the molecule is COc1ccccc1NC(=O)OCC1(N)CCCCCC1. The van der Waals surface area contributed by atoms with Gasteiger partial charge < -0.3 is 15.2 Å². The molecule has 0 aromatic heterocycles. The molecule has 0 spiro atoms. The summed E-state index contributed by atoms with van der Waals surface area (Å²) in [6.07, 6.45) is 5.97. The van der Waals surface area contributed by atoms with Crippen molar-refractivity contribution >= 4 is 11.8 Å². The Morgan fingerprint density at radius 3 is 2.57 bits per heavy atom. The Hall–Kier alpha value is -1.75. The summed E-state index contributed by atoms with van der Waals surface area (Å²) in [4.78, 5) is 11.9. The van der Waals surface area contributed by atoms with Crippen LogP contribution in [0.1, 0.15) is 38.5 Å². The molecule has 21 heavy (non-hydrogen) atoms. The summed E-state index contributed by atoms with van der Waals surface area (Å²) < 4.78 is 10.5. The van der Waals surface area contributed by atoms with Crippen LogP contribution < -0.4 is 15.8 Å². The zero-order valence-corrected chi connectivity index (χ0v) is 12.6. The summed E-state index contributed by atoms with van der Waals surface area (Å²) in [5.74, 6) is 0.603. The van der Waals surface area contributed by atoms with E-state index in [1.807, 2.05) is 12.1 Å². The number of nitrogens with one attached hydrogen (secondary N) is 1. The summed E-state index contributed by atoms with van der Waals surface area (Å²) in [6, 6.07) is 7.22. The molecule has 2 rings (SSSR count). The third-order valence-corrected chi connectivity index (χ3v) is 3.93. The number of anilines is 1. The number of ether oxygens (including phenoxy) is 2. The van der Waals surface area contributed by atoms with Crippen LogP contribution in [0.2, 0.25) is 0 Å². The van der Waals surface area contributed by atoms with E-state index in [9.17, 15) is 4.79 Å². The number of carbonyl (C=O) groups excluding carboxylic acids is 1. The van der Waals surface area contributed by atoms with E-state index < -0.39 is 6.09 Å². The first-order valence-electron chi connectivity index (χ1n) is 7.49. The van der Waals surface area contributed by atoms with Gasteiger partial charge in [-0.05, 0) is 25.0 Å². The number of amides is 1. The number of para-hydroxylation sites is 2. The number of rotatable bonds is 4. The second-order valence-electron chi connectivity index (χ2n) is 5.68. The maximum absolute atomic E-state index is 11.9. The van der Waals surface area contributed by atoms with E-state index in [4.69, 9.17) is 15.2 Å². The maximum Gasteiger partial charge on any atom is 0.411 e. The lowest BCUT2D eigenvalue weighted by molar-refractivity contribution is 0.122. The van der Waals surface area contributed by atoms with Crippen LogP contribution in [0.4, 0.5) is 10.5 Å². The fourth-order valence-electron chi connectivity index (χ4n) is 2.68. The van der Waals surface area contributed by atoms with Crippen molar-refractivity contribution in [2.24, 2.45) is 5.73 Å². The molecule has 1 amide bonds. The van der Waals surface area contributed by atoms with Crippen molar-refractivity contribution in [2.75, 3.05) is 19.0 Å². The van der Waals surface area contributed by atoms with Crippen LogP contribution in [0, 0.1) is 0 Å². The fraction of sp³-hybridized carbons (Fsp3) is 0.562. The molecule has 0 atom stereocenters. The van der Waals surface area contributed by atoms with E-state index in [2.05, 4.69) is 5.32 Å². The van der Waals surface area contributed by atoms with Gasteiger partial charge in [-0.1, -0.05) is 37.8 Å². The largest absolute Gasteiger partial charge is 0.495 e. The van der Waals surface area contributed by atoms with Crippen LogP contribution in [0.5, 0.6) is 5.75 Å². The van der Waals surface area contributed by atoms with Gasteiger partial charge in [-0.15, -0.1) is 0 Å². The zero-order chi connectivity index (χ0) is 15.1. The van der Waals surface area contributed by atoms with E-state index in [0.29, 0.717) is 11.4 Å². The fourth-order valence-corrected chi connectivity index (χ4v) is 2.68. The molecule has 3 N–H and O–H groups in total. The third-order valence-electron chi connectivity index (χ3n) is 3.93. The number of carbonyl (C=O) groups is 1. The standard InChI is InChI=1S/C16H24N2O3/c1-20-14-9-5-4-8-13(14)18-15(19)21-12-16(17)10-6-2-3-7-11-16/h4-5,8-9H,2-3,6-7,10-12,17H2,1H3,(H,18,19). The number of hydrogen-bond donors (Lipinski definition) is 2. The van der Waals surface area contributed by atoms with Gasteiger partial charge in [-0.25, -0.2) is 4.79 Å². The lowest BCUT2D eigenvalue weighted by Gasteiger charge is -2.27. The molecule has 5 heteroatoms. The number of methoxy groups -OCH3 is 1. The first kappa shape index (κ1) is 15.6. The zero-order valence-electron chi connectivity index (χ0n) is 12.6. The minimum atomic E-state index is -0.492. The van der Waals surface area contributed by atoms with Gasteiger partial charge >= 0.3 is 6.09 Å². The van der Waals surface area contributed by atoms with E-state index in [1.54, 1.807) is 19.2 Å². The Kier molecular flexibility index (Phi) is 5.44. The van der Waals surface area contributed by atoms with Gasteiger partial charge in [0.2, 0.25) is 0 Å². The minimum absolute atomic E-state index is 0.258. The van der Waals surface area contributed by atoms with Crippen LogP contribution >= 0.6 is 0 Å². The summed E-state index contributed by atoms with van der Waals surface area (Å²) in [6.45, 7) is 0.258. The Bertz CT molecular complexity index is 468. The summed E-state index contributed by atoms with van der Waals surface area (Å²) in [5.41, 5.74) is 6.54. The van der Waals surface area contributed by atoms with Gasteiger partial charge in [0.25, 0.3) is 0 Å². The molecule has 5 nitrogen and oxygen atoms in total. The Balaban J connectivity index is 1.87. The van der Waals surface area contributed by atoms with Crippen molar-refractivity contribution in [1.29, 1.82) is 0 Å². The highest BCUT2D eigenvalue weighted by atomic mass is 16.5. The molecule has 0 unspecified atom stereocenters. The molecule has 0 heterocycles. The molecule has 1 fully saturated rings. The van der Waals surface area contributed by atoms with E-state index in [0.717, 1.165) is 25.7 Å². The molecule has 1 aliphatic rings. The van der Waals surface area contributed by atoms with Gasteiger partial charge in [-0.3, -0.25) is 5.32 Å². The minimum Gasteiger partial charge on any atom is -0.495 e. The highest BCUT2D eigenvalue weighted by molar-refractivity contribution is 5.86. The lowest BCUT2D eigenvalue weighted by atomic mass is 9.93. The molecular weight excluding hydrogens is 268 g/mol. The first-order chi connectivity index (χ1) is 10.1. The first-order valence-corrected chi connectivity index (χ1v) is 7.49. The third kappa shape index (κ3) is 4.63. The monoisotopic (exact) mass is 292 g/mol. The van der Waals surface area contributed by atoms with Crippen LogP contribution in [-0.2, 0) is 4.74 Å². The number of benzene rings is 1. The molecule has 0 radical (unpaired) electrons. The van der Waals surface area contributed by atoms with Gasteiger partial charge in [0.15, 0.2) is 0 Å². The van der Waals surface area contributed by atoms with Crippen molar-refractivity contribution in [3.63, 3.8) is 0 Å². The average Bonchev–Trinajstić information content (AvgIpc) is 2.71. The second kappa shape index (κ2) is 7.31. The Morgan fingerprint density at radius 1 is 1.24 bits per heavy atom. The smallest absolute Gasteiger partial charge is 0.411 e. The highest BCUT2D eigenvalue weighted by Crippen LogP contribution is 2.26. The summed E-state index contributed by atoms with van der Waals surface area (Å²) in [7, 11) is 1.56. The highest BCUT2D eigenvalue weighted by Gasteiger charge is 2.28. The molecule has 1 aliphatic carbocycles. The van der Waals surface area contributed by atoms with Gasteiger partial charge in [0, 0.05) is 0 Å². The van der Waals surface area contributed by atoms with Crippen molar-refractivity contribution in [3.8, 4) is 5.75 Å². The average molecular weight is 292 g/mol. The molecule has 0 saturated heterocycles. The number of nitrogens with two attached hydrogens (primary N) is 1. The van der Waals surface area contributed by atoms with Gasteiger partial charge in [-0.2, -0.15) is 0 Å². The molecule has 0 aliphatic heterocycles. The lowest BCUT2D eigenvalue weighted by Crippen LogP contribution is -2.45. The second-order valence-corrected chi connectivity index (χ2v) is 5.68. The van der Waals surface area contributed by atoms with E-state index in [1.165, 1.54) is 12.8 Å². The van der Waals surface area contributed by atoms with Crippen LogP contribution in [0.3, 0.4) is 0 Å². The predicted octanol–water partition coefficient (Wildman–Crippen LogP) is 3.30. The molecular formula is C16H24N2O3. The normalized spacial score (nSPS) is 17.6. The molecule has 1 saturated carbocycles. The van der Waals surface area contributed by atoms with Crippen molar-refractivity contribution in [3.05, 3.63) is 24.3 Å². The molecule has 1 aromatic rings. The predicted molar refractivity (Wildman–Crippen MR) is 82.6 cm³/mol. The van der Waals surface area contributed by atoms with Gasteiger partial charge in [0.1, 0.15) is 12.4 Å². The van der Waals surface area contributed by atoms with Crippen molar-refractivity contribution in [2.45, 2.75) is 44.1 Å². The quantitative estimate of drug-likeness (QED) is 0.835. The summed E-state index contributed by atoms with van der Waals surface area (Å²) in [5, 5.41) is 2.69. The van der Waals surface area contributed by atoms with Crippen molar-refractivity contribution in [1.82, 2.24) is 0 Å². The topological polar surface area (TPSA) is 73.6 Å². The van der Waals surface area contributed by atoms with Crippen molar-refractivity contribution < 1.29 is 14.3 Å². The number of hydrogen-bond acceptors (Lipinski definition) is 4. The Labute approximate surface area is 125 Å². The van der Waals surface area contributed by atoms with E-state index >= 15 is 0 Å². The molecule has 1 aromatic carbocycles. The van der Waals surface area contributed by atoms with Crippen LogP contribution in [0.15, 0.2) is 24.3 Å². The maximum atomic E-state index is 11.9. The van der Waals surface area contributed by atoms with Crippen LogP contribution in [0.25, 0.3) is 0 Å². The van der Waals surface area contributed by atoms with Crippen LogP contribution in [-0.4, -0.2) is 25.3 Å². The molecule has 116 valence electrons. The molecule has 0 bridgehead atoms.